The summed E-state index contributed by atoms with van der Waals surface area (Å²) in [4.78, 5) is 23.7. The summed E-state index contributed by atoms with van der Waals surface area (Å²) in [7, 11) is 0. The van der Waals surface area contributed by atoms with Gasteiger partial charge in [-0.3, -0.25) is 10.1 Å². The van der Waals surface area contributed by atoms with Gasteiger partial charge in [0.15, 0.2) is 12.6 Å². The highest BCUT2D eigenvalue weighted by atomic mass is 16.8. The van der Waals surface area contributed by atoms with Gasteiger partial charge < -0.3 is 57.6 Å². The maximum atomic E-state index is 12.4. The van der Waals surface area contributed by atoms with E-state index in [-0.39, 0.29) is 64.0 Å². The second-order valence-electron chi connectivity index (χ2n) is 18.9. The number of aliphatic hydroxyl groups excluding tert-OH is 1. The van der Waals surface area contributed by atoms with Crippen LogP contribution in [0.4, 0.5) is 5.69 Å². The molecule has 0 amide bonds. The maximum absolute atomic E-state index is 12.4. The van der Waals surface area contributed by atoms with Crippen LogP contribution in [-0.2, 0) is 93.6 Å². The Kier molecular flexibility index (Phi) is 20.4. The van der Waals surface area contributed by atoms with E-state index in [1.54, 1.807) is 0 Å². The molecular formula is C62H63NO15. The number of nitrogens with zero attached hydrogens (tertiary/aromatic N) is 1. The van der Waals surface area contributed by atoms with Crippen molar-refractivity contribution in [1.29, 1.82) is 0 Å². The van der Waals surface area contributed by atoms with Crippen molar-refractivity contribution in [1.82, 2.24) is 0 Å². The molecule has 0 spiro atoms. The lowest BCUT2D eigenvalue weighted by atomic mass is 9.96. The van der Waals surface area contributed by atoms with Crippen molar-refractivity contribution < 1.29 is 67.3 Å². The van der Waals surface area contributed by atoms with Crippen molar-refractivity contribution in [3.05, 3.63) is 255 Å². The third-order valence-electron chi connectivity index (χ3n) is 13.4. The Labute approximate surface area is 453 Å². The summed E-state index contributed by atoms with van der Waals surface area (Å²) in [6, 6.07) is 61.5. The summed E-state index contributed by atoms with van der Waals surface area (Å²) in [5.74, 6) is -1.32. The molecule has 2 aliphatic heterocycles. The fourth-order valence-corrected chi connectivity index (χ4v) is 9.39. The number of rotatable bonds is 27. The molecular weight excluding hydrogens is 999 g/mol. The van der Waals surface area contributed by atoms with Crippen LogP contribution >= 0.6 is 0 Å². The third-order valence-corrected chi connectivity index (χ3v) is 13.4. The normalized spacial score (nSPS) is 23.1. The first kappa shape index (κ1) is 55.7. The molecule has 10 atom stereocenters. The van der Waals surface area contributed by atoms with Crippen LogP contribution < -0.4 is 0 Å². The van der Waals surface area contributed by atoms with Crippen molar-refractivity contribution in [2.45, 2.75) is 108 Å². The average Bonchev–Trinajstić information content (AvgIpc) is 3.51. The highest BCUT2D eigenvalue weighted by molar-refractivity contribution is 5.88. The number of aromatic carboxylic acids is 1. The van der Waals surface area contributed by atoms with E-state index in [1.165, 1.54) is 12.1 Å². The van der Waals surface area contributed by atoms with Crippen LogP contribution in [0.15, 0.2) is 200 Å². The molecule has 2 aliphatic rings. The van der Waals surface area contributed by atoms with Crippen LogP contribution in [0.25, 0.3) is 0 Å². The Bertz CT molecular complexity index is 2890. The zero-order valence-corrected chi connectivity index (χ0v) is 42.8. The molecule has 16 nitrogen and oxygen atoms in total. The van der Waals surface area contributed by atoms with Crippen molar-refractivity contribution in [2.24, 2.45) is 0 Å². The van der Waals surface area contributed by atoms with Gasteiger partial charge in [-0.05, 0) is 45.5 Å². The minimum absolute atomic E-state index is 0.0940. The van der Waals surface area contributed by atoms with Gasteiger partial charge in [0.2, 0.25) is 0 Å². The number of nitro benzene ring substituents is 1. The Morgan fingerprint density at radius 3 is 1.12 bits per heavy atom. The number of aliphatic hydroxyl groups is 1. The van der Waals surface area contributed by atoms with Crippen molar-refractivity contribution >= 4 is 11.7 Å². The second kappa shape index (κ2) is 28.6. The summed E-state index contributed by atoms with van der Waals surface area (Å²) < 4.78 is 68.1. The van der Waals surface area contributed by atoms with Crippen molar-refractivity contribution in [3.8, 4) is 0 Å². The number of carboxylic acids is 1. The van der Waals surface area contributed by atoms with Gasteiger partial charge in [-0.25, -0.2) is 4.79 Å². The third kappa shape index (κ3) is 15.4. The summed E-state index contributed by atoms with van der Waals surface area (Å²) in [5, 5.41) is 33.2. The van der Waals surface area contributed by atoms with Gasteiger partial charge in [0, 0.05) is 6.07 Å². The molecule has 0 bridgehead atoms. The standard InChI is InChI=1S/C62H63NO15/c64-34-52-54(69-35-43-19-7-1-8-20-43)56(71-37-45-23-11-3-12-24-45)58(73-39-47-27-15-5-16-28-47)62(77-52)76-42-53-55(70-36-44-21-9-2-10-22-44)57(72-38-46-25-13-4-14-26-46)59(74-40-48-29-17-6-18-30-48)61(78-53)75-41-50-32-31-49(60(65)66)33-51(50)63(67)68/h1-33,52-59,61-62,64H,34-42H2,(H,65,66)/t52-,53-,54-,55-,56+,57+,58+,59+,61+,62?/m1/s1. The van der Waals surface area contributed by atoms with E-state index in [0.29, 0.717) is 0 Å². The topological polar surface area (TPSA) is 193 Å². The minimum atomic E-state index is -1.32. The van der Waals surface area contributed by atoms with Gasteiger partial charge in [0.25, 0.3) is 5.69 Å². The van der Waals surface area contributed by atoms with E-state index in [1.807, 2.05) is 182 Å². The van der Waals surface area contributed by atoms with Crippen molar-refractivity contribution in [2.75, 3.05) is 13.2 Å². The largest absolute Gasteiger partial charge is 0.478 e. The number of benzene rings is 7. The Morgan fingerprint density at radius 1 is 0.423 bits per heavy atom. The average molecular weight is 1060 g/mol. The van der Waals surface area contributed by atoms with E-state index < -0.39 is 84.6 Å². The summed E-state index contributed by atoms with van der Waals surface area (Å²) in [6.45, 7) is -0.229. The maximum Gasteiger partial charge on any atom is 0.335 e. The van der Waals surface area contributed by atoms with Gasteiger partial charge in [0.05, 0.1) is 75.5 Å². The second-order valence-corrected chi connectivity index (χ2v) is 18.9. The Balaban J connectivity index is 1.08. The van der Waals surface area contributed by atoms with Gasteiger partial charge >= 0.3 is 5.97 Å². The van der Waals surface area contributed by atoms with E-state index in [2.05, 4.69) is 0 Å². The predicted octanol–water partition coefficient (Wildman–Crippen LogP) is 9.78. The lowest BCUT2D eigenvalue weighted by Gasteiger charge is -2.48. The van der Waals surface area contributed by atoms with E-state index in [0.717, 1.165) is 39.4 Å². The molecule has 0 aliphatic carbocycles. The van der Waals surface area contributed by atoms with Crippen LogP contribution in [0, 0.1) is 10.1 Å². The number of carbonyl (C=O) groups is 1. The molecule has 0 aromatic heterocycles. The SMILES string of the molecule is O=C(O)c1ccc(CO[C@H]2O[C@H](COC3O[C@H](CO)[C@@H](OCc4ccccc4)[C@H](OCc4ccccc4)[C@@H]3OCc3ccccc3)[C@@H](OCc3ccccc3)[C@H](OCc3ccccc3)[C@@H]2OCc2ccccc2)c([N+](=O)[O-])c1. The van der Waals surface area contributed by atoms with Crippen LogP contribution in [0.3, 0.4) is 0 Å². The summed E-state index contributed by atoms with van der Waals surface area (Å²) in [5.41, 5.74) is 4.66. The molecule has 2 fully saturated rings. The first-order valence-electron chi connectivity index (χ1n) is 25.9. The van der Waals surface area contributed by atoms with Crippen LogP contribution in [-0.4, -0.2) is 95.7 Å². The van der Waals surface area contributed by atoms with Crippen molar-refractivity contribution in [3.63, 3.8) is 0 Å². The molecule has 16 heteroatoms. The predicted molar refractivity (Wildman–Crippen MR) is 285 cm³/mol. The molecule has 9 rings (SSSR count). The Hall–Kier alpha value is -7.03. The molecule has 1 unspecified atom stereocenters. The van der Waals surface area contributed by atoms with Crippen LogP contribution in [0.2, 0.25) is 0 Å². The molecule has 78 heavy (non-hydrogen) atoms. The fraction of sp³-hybridized carbons (Fsp3) is 0.306. The van der Waals surface area contributed by atoms with E-state index >= 15 is 0 Å². The zero-order valence-electron chi connectivity index (χ0n) is 42.8. The number of hydrogen-bond acceptors (Lipinski definition) is 14. The van der Waals surface area contributed by atoms with Gasteiger partial charge in [-0.1, -0.05) is 182 Å². The Morgan fingerprint density at radius 2 is 0.756 bits per heavy atom. The zero-order chi connectivity index (χ0) is 53.9. The molecule has 0 saturated carbocycles. The summed E-state index contributed by atoms with van der Waals surface area (Å²) >= 11 is 0. The first-order chi connectivity index (χ1) is 38.3. The highest BCUT2D eigenvalue weighted by Crippen LogP contribution is 2.36. The molecule has 7 aromatic rings. The molecule has 0 radical (unpaired) electrons. The quantitative estimate of drug-likeness (QED) is 0.0365. The minimum Gasteiger partial charge on any atom is -0.478 e. The number of hydrogen-bond donors (Lipinski definition) is 2. The lowest BCUT2D eigenvalue weighted by Crippen LogP contribution is -2.64. The van der Waals surface area contributed by atoms with Gasteiger partial charge in [-0.2, -0.15) is 0 Å². The first-order valence-corrected chi connectivity index (χ1v) is 25.9. The lowest BCUT2D eigenvalue weighted by molar-refractivity contribution is -0.386. The van der Waals surface area contributed by atoms with Crippen LogP contribution in [0.5, 0.6) is 0 Å². The fourth-order valence-electron chi connectivity index (χ4n) is 9.39. The van der Waals surface area contributed by atoms with Crippen LogP contribution in [0.1, 0.15) is 49.3 Å². The van der Waals surface area contributed by atoms with Gasteiger partial charge in [-0.15, -0.1) is 0 Å². The molecule has 2 heterocycles. The molecule has 2 N–H and O–H groups in total. The van der Waals surface area contributed by atoms with Gasteiger partial charge in [0.1, 0.15) is 48.8 Å². The number of carboxylic acid groups (broad SMARTS) is 1. The molecule has 7 aromatic carbocycles. The van der Waals surface area contributed by atoms with E-state index in [4.69, 9.17) is 47.4 Å². The monoisotopic (exact) mass is 1060 g/mol. The number of ether oxygens (including phenoxy) is 10. The number of nitro groups is 1. The molecule has 2 saturated heterocycles. The smallest absolute Gasteiger partial charge is 0.335 e. The molecule has 406 valence electrons. The highest BCUT2D eigenvalue weighted by Gasteiger charge is 2.52. The summed E-state index contributed by atoms with van der Waals surface area (Å²) in [6.07, 6.45) is -10.0. The van der Waals surface area contributed by atoms with E-state index in [9.17, 15) is 25.1 Å².